The van der Waals surface area contributed by atoms with Crippen molar-refractivity contribution in [2.24, 2.45) is 22.7 Å². The van der Waals surface area contributed by atoms with E-state index in [2.05, 4.69) is 4.74 Å². The van der Waals surface area contributed by atoms with Crippen molar-refractivity contribution in [2.75, 3.05) is 0 Å². The molecule has 30 heavy (non-hydrogen) atoms. The first-order chi connectivity index (χ1) is 13.6. The van der Waals surface area contributed by atoms with Gasteiger partial charge in [-0.3, -0.25) is 9.59 Å². The first-order valence-electron chi connectivity index (χ1n) is 9.98. The number of carbonyl (C=O) groups excluding carboxylic acids is 2. The van der Waals surface area contributed by atoms with Gasteiger partial charge in [0.1, 0.15) is 5.60 Å². The van der Waals surface area contributed by atoms with Gasteiger partial charge in [-0.1, -0.05) is 6.92 Å². The van der Waals surface area contributed by atoms with Gasteiger partial charge in [0.15, 0.2) is 10.1 Å². The molecule has 4 bridgehead atoms. The van der Waals surface area contributed by atoms with Gasteiger partial charge in [-0.25, -0.2) is 8.42 Å². The SMILES string of the molecule is CCC(C)(C)C(=O)OC12CC3CC(C1)CC(C(=O)OC(F)C(F)(F)S(=O)(=O)[O-])(C3)C2. The molecule has 0 aromatic heterocycles. The molecule has 4 aliphatic rings. The lowest BCUT2D eigenvalue weighted by Crippen LogP contribution is -2.61. The third-order valence-electron chi connectivity index (χ3n) is 6.99. The average Bonchev–Trinajstić information content (AvgIpc) is 2.58. The molecule has 4 aliphatic carbocycles. The Labute approximate surface area is 173 Å². The third kappa shape index (κ3) is 3.83. The largest absolute Gasteiger partial charge is 0.743 e. The predicted octanol–water partition coefficient (Wildman–Crippen LogP) is 3.28. The fourth-order valence-corrected chi connectivity index (χ4v) is 5.69. The van der Waals surface area contributed by atoms with Crippen LogP contribution in [0.3, 0.4) is 0 Å². The molecule has 0 radical (unpaired) electrons. The minimum atomic E-state index is -6.36. The quantitative estimate of drug-likeness (QED) is 0.428. The molecule has 0 heterocycles. The first kappa shape index (κ1) is 23.3. The van der Waals surface area contributed by atoms with Gasteiger partial charge in [-0.15, -0.1) is 0 Å². The second-order valence-corrected chi connectivity index (χ2v) is 11.2. The van der Waals surface area contributed by atoms with E-state index in [4.69, 9.17) is 4.74 Å². The van der Waals surface area contributed by atoms with Crippen molar-refractivity contribution in [1.29, 1.82) is 0 Å². The highest BCUT2D eigenvalue weighted by atomic mass is 32.2. The number of alkyl halides is 3. The molecule has 11 heteroatoms. The summed E-state index contributed by atoms with van der Waals surface area (Å²) in [6, 6.07) is 0. The summed E-state index contributed by atoms with van der Waals surface area (Å²) in [5.74, 6) is -1.80. The molecule has 7 nitrogen and oxygen atoms in total. The maximum absolute atomic E-state index is 13.9. The lowest BCUT2D eigenvalue weighted by Gasteiger charge is -2.60. The smallest absolute Gasteiger partial charge is 0.399 e. The van der Waals surface area contributed by atoms with Crippen molar-refractivity contribution in [3.63, 3.8) is 0 Å². The molecule has 3 unspecified atom stereocenters. The van der Waals surface area contributed by atoms with Gasteiger partial charge >= 0.3 is 23.6 Å². The standard InChI is InChI=1S/C19H27F3O7S/c1-4-16(2,3)14(23)29-18-8-11-5-12(9-18)7-17(6-11,10-18)15(24)28-13(20)19(21,22)30(25,26)27/h11-13H,4-10H2,1-3H3,(H,25,26,27)/p-1. The summed E-state index contributed by atoms with van der Waals surface area (Å²) in [6.45, 7) is 5.31. The van der Waals surface area contributed by atoms with E-state index in [1.165, 1.54) is 0 Å². The highest BCUT2D eigenvalue weighted by molar-refractivity contribution is 7.86. The molecule has 3 atom stereocenters. The monoisotopic (exact) mass is 455 g/mol. The minimum absolute atomic E-state index is 0.000214. The molecule has 0 spiro atoms. The fourth-order valence-electron chi connectivity index (χ4n) is 5.42. The third-order valence-corrected chi connectivity index (χ3v) is 7.85. The lowest BCUT2D eigenvalue weighted by atomic mass is 9.48. The van der Waals surface area contributed by atoms with E-state index in [1.807, 2.05) is 6.92 Å². The van der Waals surface area contributed by atoms with Crippen LogP contribution < -0.4 is 0 Å². The van der Waals surface area contributed by atoms with Gasteiger partial charge in [0.2, 0.25) is 0 Å². The van der Waals surface area contributed by atoms with Crippen LogP contribution in [0.1, 0.15) is 65.7 Å². The van der Waals surface area contributed by atoms with Gasteiger partial charge in [0.25, 0.3) is 0 Å². The number of hydrogen-bond acceptors (Lipinski definition) is 7. The molecule has 0 saturated heterocycles. The second-order valence-electron chi connectivity index (χ2n) is 9.79. The predicted molar refractivity (Wildman–Crippen MR) is 95.6 cm³/mol. The number of esters is 2. The van der Waals surface area contributed by atoms with E-state index in [0.29, 0.717) is 19.3 Å². The maximum Gasteiger partial charge on any atom is 0.399 e. The number of hydrogen-bond donors (Lipinski definition) is 0. The molecule has 172 valence electrons. The summed E-state index contributed by atoms with van der Waals surface area (Å²) >= 11 is 0. The van der Waals surface area contributed by atoms with Crippen molar-refractivity contribution >= 4 is 22.1 Å². The van der Waals surface area contributed by atoms with Gasteiger partial charge in [0, 0.05) is 6.42 Å². The number of rotatable bonds is 7. The zero-order chi connectivity index (χ0) is 22.8. The average molecular weight is 455 g/mol. The molecule has 0 aromatic carbocycles. The Morgan fingerprint density at radius 2 is 1.70 bits per heavy atom. The Hall–Kier alpha value is -1.36. The summed E-state index contributed by atoms with van der Waals surface area (Å²) in [7, 11) is -6.36. The summed E-state index contributed by atoms with van der Waals surface area (Å²) in [5, 5.41) is -5.39. The minimum Gasteiger partial charge on any atom is -0.743 e. The second kappa shape index (κ2) is 7.08. The Morgan fingerprint density at radius 1 is 1.17 bits per heavy atom. The van der Waals surface area contributed by atoms with E-state index < -0.39 is 50.1 Å². The van der Waals surface area contributed by atoms with Crippen LogP contribution in [-0.2, 0) is 29.2 Å². The van der Waals surface area contributed by atoms with Crippen LogP contribution in [-0.4, -0.2) is 42.1 Å². The number of ether oxygens (including phenoxy) is 2. The molecule has 4 rings (SSSR count). The molecule has 0 aromatic rings. The van der Waals surface area contributed by atoms with Crippen molar-refractivity contribution in [1.82, 2.24) is 0 Å². The summed E-state index contributed by atoms with van der Waals surface area (Å²) in [6.07, 6.45) is -1.05. The van der Waals surface area contributed by atoms with E-state index in [9.17, 15) is 35.7 Å². The normalized spacial score (nSPS) is 34.5. The van der Waals surface area contributed by atoms with Gasteiger partial charge in [-0.05, 0) is 64.2 Å². The van der Waals surface area contributed by atoms with E-state index in [1.54, 1.807) is 13.8 Å². The first-order valence-corrected chi connectivity index (χ1v) is 11.4. The van der Waals surface area contributed by atoms with E-state index >= 15 is 0 Å². The molecular formula is C19H26F3O7S-. The van der Waals surface area contributed by atoms with Crippen LogP contribution in [0.15, 0.2) is 0 Å². The van der Waals surface area contributed by atoms with Gasteiger partial charge in [-0.2, -0.15) is 13.2 Å². The molecule has 0 N–H and O–H groups in total. The lowest BCUT2D eigenvalue weighted by molar-refractivity contribution is -0.230. The zero-order valence-corrected chi connectivity index (χ0v) is 17.9. The summed E-state index contributed by atoms with van der Waals surface area (Å²) < 4.78 is 82.7. The van der Waals surface area contributed by atoms with Crippen LogP contribution in [0.2, 0.25) is 0 Å². The van der Waals surface area contributed by atoms with Crippen molar-refractivity contribution in [3.8, 4) is 0 Å². The van der Waals surface area contributed by atoms with Crippen LogP contribution in [0.4, 0.5) is 13.2 Å². The van der Waals surface area contributed by atoms with E-state index in [-0.39, 0.29) is 31.1 Å². The van der Waals surface area contributed by atoms with Gasteiger partial charge in [0.05, 0.1) is 10.8 Å². The van der Waals surface area contributed by atoms with E-state index in [0.717, 1.165) is 6.42 Å². The highest BCUT2D eigenvalue weighted by Gasteiger charge is 2.64. The van der Waals surface area contributed by atoms with Crippen LogP contribution in [0, 0.1) is 22.7 Å². The maximum atomic E-state index is 13.9. The number of carbonyl (C=O) groups is 2. The Balaban J connectivity index is 1.82. The molecular weight excluding hydrogens is 429 g/mol. The zero-order valence-electron chi connectivity index (χ0n) is 17.1. The van der Waals surface area contributed by atoms with Crippen molar-refractivity contribution in [2.45, 2.75) is 82.9 Å². The topological polar surface area (TPSA) is 110 Å². The molecule has 0 aliphatic heterocycles. The van der Waals surface area contributed by atoms with Crippen molar-refractivity contribution < 1.29 is 45.2 Å². The Morgan fingerprint density at radius 3 is 2.17 bits per heavy atom. The Kier molecular flexibility index (Phi) is 5.50. The molecule has 4 saturated carbocycles. The van der Waals surface area contributed by atoms with Crippen LogP contribution >= 0.6 is 0 Å². The molecule has 4 fully saturated rings. The van der Waals surface area contributed by atoms with Crippen LogP contribution in [0.25, 0.3) is 0 Å². The summed E-state index contributed by atoms with van der Waals surface area (Å²) in [5.41, 5.74) is -3.06. The Bertz CT molecular complexity index is 825. The van der Waals surface area contributed by atoms with Crippen molar-refractivity contribution in [3.05, 3.63) is 0 Å². The van der Waals surface area contributed by atoms with Crippen LogP contribution in [0.5, 0.6) is 0 Å². The highest BCUT2D eigenvalue weighted by Crippen LogP contribution is 2.63. The number of halogens is 3. The fraction of sp³-hybridized carbons (Fsp3) is 0.895. The summed E-state index contributed by atoms with van der Waals surface area (Å²) in [4.78, 5) is 25.4. The van der Waals surface area contributed by atoms with Gasteiger partial charge < -0.3 is 14.0 Å². The molecule has 0 amide bonds.